The second kappa shape index (κ2) is 5.89. The van der Waals surface area contributed by atoms with Crippen LogP contribution >= 0.6 is 27.7 Å². The standard InChI is InChI=1S/C7H14BrNOS/c1-6(8)7(10)9(2)4-5-11-3/h6H,4-5H2,1-3H3. The van der Waals surface area contributed by atoms with Gasteiger partial charge in [-0.3, -0.25) is 4.79 Å². The van der Waals surface area contributed by atoms with E-state index in [1.54, 1.807) is 16.7 Å². The lowest BCUT2D eigenvalue weighted by molar-refractivity contribution is -0.128. The van der Waals surface area contributed by atoms with Gasteiger partial charge in [-0.15, -0.1) is 0 Å². The lowest BCUT2D eigenvalue weighted by Gasteiger charge is -2.17. The zero-order chi connectivity index (χ0) is 8.85. The van der Waals surface area contributed by atoms with Crippen LogP contribution in [0.25, 0.3) is 0 Å². The Balaban J connectivity index is 3.64. The average molecular weight is 240 g/mol. The predicted molar refractivity (Wildman–Crippen MR) is 54.4 cm³/mol. The highest BCUT2D eigenvalue weighted by Crippen LogP contribution is 2.03. The van der Waals surface area contributed by atoms with Crippen molar-refractivity contribution >= 4 is 33.6 Å². The highest BCUT2D eigenvalue weighted by molar-refractivity contribution is 9.10. The molecule has 0 rings (SSSR count). The van der Waals surface area contributed by atoms with Gasteiger partial charge in [-0.25, -0.2) is 0 Å². The molecule has 66 valence electrons. The van der Waals surface area contributed by atoms with E-state index in [0.29, 0.717) is 0 Å². The molecule has 11 heavy (non-hydrogen) atoms. The van der Waals surface area contributed by atoms with Crippen molar-refractivity contribution in [3.05, 3.63) is 0 Å². The minimum atomic E-state index is -0.0608. The number of halogens is 1. The van der Waals surface area contributed by atoms with Crippen LogP contribution in [0.1, 0.15) is 6.92 Å². The Hall–Kier alpha value is 0.300. The third kappa shape index (κ3) is 4.69. The molecule has 0 aromatic heterocycles. The van der Waals surface area contributed by atoms with E-state index in [9.17, 15) is 4.79 Å². The summed E-state index contributed by atoms with van der Waals surface area (Å²) in [5, 5.41) is 0. The quantitative estimate of drug-likeness (QED) is 0.695. The molecule has 0 bridgehead atoms. The summed E-state index contributed by atoms with van der Waals surface area (Å²) in [7, 11) is 1.83. The van der Waals surface area contributed by atoms with E-state index in [2.05, 4.69) is 15.9 Å². The van der Waals surface area contributed by atoms with Crippen LogP contribution in [0, 0.1) is 0 Å². The molecule has 0 radical (unpaired) electrons. The van der Waals surface area contributed by atoms with Gasteiger partial charge in [0.05, 0.1) is 4.83 Å². The van der Waals surface area contributed by atoms with E-state index < -0.39 is 0 Å². The molecule has 0 saturated carbocycles. The van der Waals surface area contributed by atoms with E-state index in [4.69, 9.17) is 0 Å². The molecule has 1 unspecified atom stereocenters. The number of carbonyl (C=O) groups excluding carboxylic acids is 1. The van der Waals surface area contributed by atoms with Gasteiger partial charge in [0.15, 0.2) is 0 Å². The second-order valence-corrected chi connectivity index (χ2v) is 4.73. The number of thioether (sulfide) groups is 1. The number of hydrogen-bond donors (Lipinski definition) is 0. The first-order valence-electron chi connectivity index (χ1n) is 3.47. The molecule has 1 amide bonds. The fraction of sp³-hybridized carbons (Fsp3) is 0.857. The molecule has 0 fully saturated rings. The molecule has 4 heteroatoms. The Morgan fingerprint density at radius 3 is 2.64 bits per heavy atom. The Kier molecular flexibility index (Phi) is 6.05. The highest BCUT2D eigenvalue weighted by atomic mass is 79.9. The number of alkyl halides is 1. The molecule has 0 aromatic carbocycles. The summed E-state index contributed by atoms with van der Waals surface area (Å²) < 4.78 is 0. The predicted octanol–water partition coefficient (Wildman–Crippen LogP) is 1.59. The minimum Gasteiger partial charge on any atom is -0.344 e. The molecular weight excluding hydrogens is 226 g/mol. The van der Waals surface area contributed by atoms with Gasteiger partial charge in [0.1, 0.15) is 0 Å². The van der Waals surface area contributed by atoms with E-state index in [1.807, 2.05) is 20.2 Å². The summed E-state index contributed by atoms with van der Waals surface area (Å²) in [6.07, 6.45) is 2.04. The number of hydrogen-bond acceptors (Lipinski definition) is 2. The van der Waals surface area contributed by atoms with Crippen LogP contribution in [0.15, 0.2) is 0 Å². The van der Waals surface area contributed by atoms with Crippen LogP contribution in [0.2, 0.25) is 0 Å². The van der Waals surface area contributed by atoms with Gasteiger partial charge in [0, 0.05) is 19.3 Å². The first-order valence-corrected chi connectivity index (χ1v) is 5.78. The molecule has 0 spiro atoms. The summed E-state index contributed by atoms with van der Waals surface area (Å²) in [5.74, 6) is 1.15. The fourth-order valence-electron chi connectivity index (χ4n) is 0.642. The highest BCUT2D eigenvalue weighted by Gasteiger charge is 2.12. The molecule has 0 saturated heterocycles. The zero-order valence-electron chi connectivity index (χ0n) is 7.13. The van der Waals surface area contributed by atoms with Gasteiger partial charge < -0.3 is 4.90 Å². The SMILES string of the molecule is CSCCN(C)C(=O)C(C)Br. The summed E-state index contributed by atoms with van der Waals surface area (Å²) in [6.45, 7) is 2.67. The Morgan fingerprint density at radius 1 is 1.73 bits per heavy atom. The van der Waals surface area contributed by atoms with Crippen molar-refractivity contribution < 1.29 is 4.79 Å². The number of amides is 1. The van der Waals surface area contributed by atoms with Gasteiger partial charge in [0.25, 0.3) is 0 Å². The third-order valence-corrected chi connectivity index (χ3v) is 2.33. The smallest absolute Gasteiger partial charge is 0.235 e. The van der Waals surface area contributed by atoms with Crippen molar-refractivity contribution in [2.45, 2.75) is 11.8 Å². The van der Waals surface area contributed by atoms with Crippen LogP contribution in [0.4, 0.5) is 0 Å². The lowest BCUT2D eigenvalue weighted by Crippen LogP contribution is -2.33. The van der Waals surface area contributed by atoms with Gasteiger partial charge in [0.2, 0.25) is 5.91 Å². The van der Waals surface area contributed by atoms with E-state index in [0.717, 1.165) is 12.3 Å². The van der Waals surface area contributed by atoms with Crippen LogP contribution in [-0.2, 0) is 4.79 Å². The molecular formula is C7H14BrNOS. The maximum Gasteiger partial charge on any atom is 0.235 e. The Morgan fingerprint density at radius 2 is 2.27 bits per heavy atom. The van der Waals surface area contributed by atoms with E-state index >= 15 is 0 Å². The number of rotatable bonds is 4. The van der Waals surface area contributed by atoms with Gasteiger partial charge >= 0.3 is 0 Å². The van der Waals surface area contributed by atoms with Crippen molar-refractivity contribution in [3.63, 3.8) is 0 Å². The van der Waals surface area contributed by atoms with Gasteiger partial charge in [-0.1, -0.05) is 15.9 Å². The Labute approximate surface area is 80.8 Å². The van der Waals surface area contributed by atoms with Crippen molar-refractivity contribution in [2.75, 3.05) is 25.6 Å². The lowest BCUT2D eigenvalue weighted by atomic mass is 10.4. The summed E-state index contributed by atoms with van der Waals surface area (Å²) in [5.41, 5.74) is 0. The van der Waals surface area contributed by atoms with Gasteiger partial charge in [-0.05, 0) is 13.2 Å². The molecule has 0 aromatic rings. The van der Waals surface area contributed by atoms with Crippen molar-refractivity contribution in [3.8, 4) is 0 Å². The first kappa shape index (κ1) is 11.3. The summed E-state index contributed by atoms with van der Waals surface area (Å²) in [6, 6.07) is 0. The van der Waals surface area contributed by atoms with E-state index in [-0.39, 0.29) is 10.7 Å². The third-order valence-electron chi connectivity index (χ3n) is 1.35. The maximum absolute atomic E-state index is 11.2. The van der Waals surface area contributed by atoms with Crippen LogP contribution in [0.3, 0.4) is 0 Å². The molecule has 0 aliphatic carbocycles. The van der Waals surface area contributed by atoms with Crippen molar-refractivity contribution in [1.82, 2.24) is 4.90 Å². The monoisotopic (exact) mass is 239 g/mol. The largest absolute Gasteiger partial charge is 0.344 e. The second-order valence-electron chi connectivity index (χ2n) is 2.37. The van der Waals surface area contributed by atoms with Crippen LogP contribution < -0.4 is 0 Å². The molecule has 0 N–H and O–H groups in total. The molecule has 0 aliphatic rings. The minimum absolute atomic E-state index is 0.0608. The van der Waals surface area contributed by atoms with Crippen LogP contribution in [0.5, 0.6) is 0 Å². The first-order chi connectivity index (χ1) is 5.09. The molecule has 2 nitrogen and oxygen atoms in total. The molecule has 0 aliphatic heterocycles. The zero-order valence-corrected chi connectivity index (χ0v) is 9.54. The van der Waals surface area contributed by atoms with E-state index in [1.165, 1.54) is 0 Å². The molecule has 1 atom stereocenters. The maximum atomic E-state index is 11.2. The van der Waals surface area contributed by atoms with Gasteiger partial charge in [-0.2, -0.15) is 11.8 Å². The van der Waals surface area contributed by atoms with Crippen LogP contribution in [-0.4, -0.2) is 41.2 Å². The summed E-state index contributed by atoms with van der Waals surface area (Å²) >= 11 is 4.98. The Bertz CT molecular complexity index is 130. The number of nitrogens with zero attached hydrogens (tertiary/aromatic N) is 1. The topological polar surface area (TPSA) is 20.3 Å². The number of carbonyl (C=O) groups is 1. The molecule has 0 heterocycles. The fourth-order valence-corrected chi connectivity index (χ4v) is 1.45. The normalized spacial score (nSPS) is 12.7. The van der Waals surface area contributed by atoms with Crippen molar-refractivity contribution in [1.29, 1.82) is 0 Å². The van der Waals surface area contributed by atoms with Crippen molar-refractivity contribution in [2.24, 2.45) is 0 Å². The summed E-state index contributed by atoms with van der Waals surface area (Å²) in [4.78, 5) is 12.9. The average Bonchev–Trinajstić information content (AvgIpc) is 1.98.